The van der Waals surface area contributed by atoms with E-state index in [1.165, 1.54) is 31.2 Å². The normalized spacial score (nSPS) is 17.5. The standard InChI is InChI=1S/C13H18BrN3/c1-9-6-7-12(14)11(8-9)13(17-15)16-10-4-2-3-5-10/h6-8,10H,2-5,15H2,1H3,(H,16,17). The van der Waals surface area contributed by atoms with Crippen LogP contribution in [0.3, 0.4) is 0 Å². The predicted octanol–water partition coefficient (Wildman–Crippen LogP) is 2.91. The van der Waals surface area contributed by atoms with Crippen LogP contribution >= 0.6 is 15.9 Å². The zero-order chi connectivity index (χ0) is 12.3. The molecule has 1 fully saturated rings. The van der Waals surface area contributed by atoms with Crippen molar-refractivity contribution in [1.29, 1.82) is 0 Å². The quantitative estimate of drug-likeness (QED) is 0.381. The smallest absolute Gasteiger partial charge is 0.143 e. The summed E-state index contributed by atoms with van der Waals surface area (Å²) >= 11 is 3.54. The minimum Gasteiger partial charge on any atom is -0.308 e. The Balaban J connectivity index is 2.30. The monoisotopic (exact) mass is 295 g/mol. The lowest BCUT2D eigenvalue weighted by Gasteiger charge is -2.12. The average Bonchev–Trinajstić information content (AvgIpc) is 2.82. The maximum atomic E-state index is 5.60. The Kier molecular flexibility index (Phi) is 4.18. The van der Waals surface area contributed by atoms with Crippen molar-refractivity contribution < 1.29 is 0 Å². The van der Waals surface area contributed by atoms with E-state index in [2.05, 4.69) is 40.4 Å². The third-order valence-corrected chi connectivity index (χ3v) is 3.84. The number of nitrogens with zero attached hydrogens (tertiary/aromatic N) is 1. The zero-order valence-corrected chi connectivity index (χ0v) is 11.6. The average molecular weight is 296 g/mol. The van der Waals surface area contributed by atoms with Crippen LogP contribution in [0.4, 0.5) is 0 Å². The number of amidine groups is 1. The molecule has 1 aromatic carbocycles. The molecule has 1 aliphatic carbocycles. The van der Waals surface area contributed by atoms with Gasteiger partial charge in [0.25, 0.3) is 0 Å². The number of aryl methyl sites for hydroxylation is 1. The first-order valence-corrected chi connectivity index (χ1v) is 6.81. The van der Waals surface area contributed by atoms with Crippen molar-refractivity contribution in [2.24, 2.45) is 10.8 Å². The Morgan fingerprint density at radius 1 is 1.41 bits per heavy atom. The van der Waals surface area contributed by atoms with Crippen molar-refractivity contribution in [3.8, 4) is 0 Å². The highest BCUT2D eigenvalue weighted by molar-refractivity contribution is 9.10. The fourth-order valence-electron chi connectivity index (χ4n) is 2.22. The molecule has 0 unspecified atom stereocenters. The number of aliphatic imine (C=N–C) groups is 1. The van der Waals surface area contributed by atoms with E-state index in [0.717, 1.165) is 15.9 Å². The van der Waals surface area contributed by atoms with Gasteiger partial charge in [0.2, 0.25) is 0 Å². The van der Waals surface area contributed by atoms with Crippen LogP contribution in [-0.4, -0.2) is 11.9 Å². The second-order valence-electron chi connectivity index (χ2n) is 4.54. The lowest BCUT2D eigenvalue weighted by molar-refractivity contribution is 0.700. The van der Waals surface area contributed by atoms with Crippen LogP contribution < -0.4 is 11.3 Å². The molecule has 0 saturated heterocycles. The molecule has 92 valence electrons. The molecule has 0 aliphatic heterocycles. The Labute approximate surface area is 111 Å². The fraction of sp³-hybridized carbons (Fsp3) is 0.462. The van der Waals surface area contributed by atoms with E-state index >= 15 is 0 Å². The van der Waals surface area contributed by atoms with Crippen molar-refractivity contribution >= 4 is 21.8 Å². The number of halogens is 1. The van der Waals surface area contributed by atoms with E-state index in [1.807, 2.05) is 6.07 Å². The summed E-state index contributed by atoms with van der Waals surface area (Å²) in [4.78, 5) is 4.72. The maximum Gasteiger partial charge on any atom is 0.143 e. The van der Waals surface area contributed by atoms with Crippen LogP contribution in [-0.2, 0) is 0 Å². The molecular weight excluding hydrogens is 278 g/mol. The highest BCUT2D eigenvalue weighted by Crippen LogP contribution is 2.23. The molecule has 4 heteroatoms. The Bertz CT molecular complexity index is 423. The van der Waals surface area contributed by atoms with Crippen molar-refractivity contribution in [3.05, 3.63) is 33.8 Å². The highest BCUT2D eigenvalue weighted by atomic mass is 79.9. The van der Waals surface area contributed by atoms with Crippen LogP contribution in [0.15, 0.2) is 27.7 Å². The van der Waals surface area contributed by atoms with Gasteiger partial charge in [-0.1, -0.05) is 40.4 Å². The molecule has 0 spiro atoms. The third-order valence-electron chi connectivity index (χ3n) is 3.15. The van der Waals surface area contributed by atoms with Crippen LogP contribution in [0.1, 0.15) is 36.8 Å². The highest BCUT2D eigenvalue weighted by Gasteiger charge is 2.16. The van der Waals surface area contributed by atoms with Crippen LogP contribution in [0, 0.1) is 6.92 Å². The van der Waals surface area contributed by atoms with E-state index in [0.29, 0.717) is 6.04 Å². The van der Waals surface area contributed by atoms with Crippen molar-refractivity contribution in [2.45, 2.75) is 38.6 Å². The first-order valence-electron chi connectivity index (χ1n) is 6.01. The van der Waals surface area contributed by atoms with Crippen molar-refractivity contribution in [2.75, 3.05) is 0 Å². The fourth-order valence-corrected chi connectivity index (χ4v) is 2.66. The Hall–Kier alpha value is -0.870. The Morgan fingerprint density at radius 2 is 2.12 bits per heavy atom. The van der Waals surface area contributed by atoms with E-state index in [4.69, 9.17) is 10.8 Å². The summed E-state index contributed by atoms with van der Waals surface area (Å²) in [6.07, 6.45) is 4.91. The SMILES string of the molecule is Cc1ccc(Br)c(C(=NC2CCCC2)NN)c1. The van der Waals surface area contributed by atoms with E-state index in [-0.39, 0.29) is 0 Å². The third kappa shape index (κ3) is 3.07. The molecule has 1 aromatic rings. The van der Waals surface area contributed by atoms with Gasteiger partial charge in [-0.2, -0.15) is 0 Å². The predicted molar refractivity (Wildman–Crippen MR) is 75.0 cm³/mol. The summed E-state index contributed by atoms with van der Waals surface area (Å²) in [7, 11) is 0. The number of hydrogen-bond acceptors (Lipinski definition) is 2. The molecule has 3 N–H and O–H groups in total. The summed E-state index contributed by atoms with van der Waals surface area (Å²) < 4.78 is 1.03. The van der Waals surface area contributed by atoms with Gasteiger partial charge in [-0.25, -0.2) is 5.84 Å². The van der Waals surface area contributed by atoms with Gasteiger partial charge in [-0.3, -0.25) is 4.99 Å². The summed E-state index contributed by atoms with van der Waals surface area (Å²) in [6.45, 7) is 2.07. The summed E-state index contributed by atoms with van der Waals surface area (Å²) in [5.41, 5.74) is 4.98. The lowest BCUT2D eigenvalue weighted by atomic mass is 10.1. The summed E-state index contributed by atoms with van der Waals surface area (Å²) in [5.74, 6) is 6.38. The van der Waals surface area contributed by atoms with Crippen LogP contribution in [0.2, 0.25) is 0 Å². The molecule has 0 heterocycles. The van der Waals surface area contributed by atoms with Gasteiger partial charge in [0.05, 0.1) is 6.04 Å². The van der Waals surface area contributed by atoms with Gasteiger partial charge in [0, 0.05) is 10.0 Å². The van der Waals surface area contributed by atoms with Crippen LogP contribution in [0.25, 0.3) is 0 Å². The van der Waals surface area contributed by atoms with Crippen LogP contribution in [0.5, 0.6) is 0 Å². The molecule has 3 nitrogen and oxygen atoms in total. The largest absolute Gasteiger partial charge is 0.308 e. The lowest BCUT2D eigenvalue weighted by Crippen LogP contribution is -2.32. The second kappa shape index (κ2) is 5.65. The molecule has 17 heavy (non-hydrogen) atoms. The van der Waals surface area contributed by atoms with Gasteiger partial charge in [-0.15, -0.1) is 0 Å². The van der Waals surface area contributed by atoms with Gasteiger partial charge in [-0.05, 0) is 31.9 Å². The Morgan fingerprint density at radius 3 is 2.76 bits per heavy atom. The summed E-state index contributed by atoms with van der Waals surface area (Å²) in [5, 5.41) is 0. The number of nitrogens with one attached hydrogen (secondary N) is 1. The topological polar surface area (TPSA) is 50.4 Å². The first-order chi connectivity index (χ1) is 8.20. The molecular formula is C13H18BrN3. The zero-order valence-electron chi connectivity index (χ0n) is 10.0. The van der Waals surface area contributed by atoms with E-state index in [9.17, 15) is 0 Å². The van der Waals surface area contributed by atoms with E-state index < -0.39 is 0 Å². The summed E-state index contributed by atoms with van der Waals surface area (Å²) in [6, 6.07) is 6.62. The van der Waals surface area contributed by atoms with Gasteiger partial charge in [0.1, 0.15) is 5.84 Å². The minimum atomic E-state index is 0.425. The van der Waals surface area contributed by atoms with Crippen molar-refractivity contribution in [1.82, 2.24) is 5.43 Å². The van der Waals surface area contributed by atoms with E-state index in [1.54, 1.807) is 0 Å². The number of rotatable bonds is 2. The molecule has 0 bridgehead atoms. The maximum absolute atomic E-state index is 5.60. The number of nitrogens with two attached hydrogens (primary N) is 1. The minimum absolute atomic E-state index is 0.425. The molecule has 0 atom stereocenters. The molecule has 0 amide bonds. The first kappa shape index (κ1) is 12.6. The molecule has 0 aromatic heterocycles. The van der Waals surface area contributed by atoms with Gasteiger partial charge in [0.15, 0.2) is 0 Å². The number of hydrazine groups is 1. The van der Waals surface area contributed by atoms with Gasteiger partial charge >= 0.3 is 0 Å². The molecule has 2 rings (SSSR count). The van der Waals surface area contributed by atoms with Crippen molar-refractivity contribution in [3.63, 3.8) is 0 Å². The molecule has 1 saturated carbocycles. The van der Waals surface area contributed by atoms with Gasteiger partial charge < -0.3 is 5.43 Å². The number of hydrogen-bond donors (Lipinski definition) is 2. The molecule has 0 radical (unpaired) electrons. The second-order valence-corrected chi connectivity index (χ2v) is 5.40. The molecule has 1 aliphatic rings. The number of benzene rings is 1.